The lowest BCUT2D eigenvalue weighted by atomic mass is 9.99. The summed E-state index contributed by atoms with van der Waals surface area (Å²) in [7, 11) is 1.50. The number of anilines is 1. The molecule has 0 radical (unpaired) electrons. The minimum Gasteiger partial charge on any atom is -0.389 e. The van der Waals surface area contributed by atoms with Crippen molar-refractivity contribution in [1.82, 2.24) is 29.5 Å². The van der Waals surface area contributed by atoms with Gasteiger partial charge < -0.3 is 10.4 Å². The van der Waals surface area contributed by atoms with Crippen LogP contribution in [0.4, 0.5) is 27.8 Å². The maximum absolute atomic E-state index is 15.0. The molecule has 0 aliphatic heterocycles. The number of nitrogens with zero attached hydrogens (tertiary/aromatic N) is 6. The molecule has 1 atom stereocenters. The molecule has 210 valence electrons. The molecule has 0 saturated carbocycles. The molecular weight excluding hydrogens is 549 g/mol. The average Bonchev–Trinajstić information content (AvgIpc) is 3.55. The molecule has 3 heterocycles. The van der Waals surface area contributed by atoms with Crippen LogP contribution < -0.4 is 5.32 Å². The van der Waals surface area contributed by atoms with E-state index < -0.39 is 46.5 Å². The first-order valence-electron chi connectivity index (χ1n) is 12.0. The van der Waals surface area contributed by atoms with E-state index in [0.717, 1.165) is 18.2 Å². The molecule has 2 N–H and O–H groups in total. The van der Waals surface area contributed by atoms with Crippen LogP contribution in [0.25, 0.3) is 28.5 Å². The maximum Gasteiger partial charge on any atom is 0.417 e. The Morgan fingerprint density at radius 1 is 0.976 bits per heavy atom. The van der Waals surface area contributed by atoms with Gasteiger partial charge in [-0.1, -0.05) is 0 Å². The molecule has 0 fully saturated rings. The number of hydrogen-bond donors (Lipinski definition) is 2. The summed E-state index contributed by atoms with van der Waals surface area (Å²) < 4.78 is 72.3. The number of nitrogens with one attached hydrogen (secondary N) is 1. The molecule has 41 heavy (non-hydrogen) atoms. The summed E-state index contributed by atoms with van der Waals surface area (Å²) in [5.41, 5.74) is -1.65. The van der Waals surface area contributed by atoms with E-state index >= 15 is 0 Å². The summed E-state index contributed by atoms with van der Waals surface area (Å²) in [6, 6.07) is 8.76. The maximum atomic E-state index is 15.0. The van der Waals surface area contributed by atoms with Crippen LogP contribution in [0.1, 0.15) is 34.5 Å². The summed E-state index contributed by atoms with van der Waals surface area (Å²) in [4.78, 5) is 21.6. The lowest BCUT2D eigenvalue weighted by Crippen LogP contribution is -2.18. The van der Waals surface area contributed by atoms with E-state index in [1.165, 1.54) is 66.2 Å². The number of hydrogen-bond acceptors (Lipinski definition) is 6. The molecular formula is C27H20F5N7O2. The summed E-state index contributed by atoms with van der Waals surface area (Å²) in [6.07, 6.45) is -1.54. The Bertz CT molecular complexity index is 1730. The molecule has 0 saturated heterocycles. The monoisotopic (exact) mass is 569 g/mol. The normalized spacial score (nSPS) is 12.4. The van der Waals surface area contributed by atoms with Gasteiger partial charge in [0.1, 0.15) is 23.1 Å². The van der Waals surface area contributed by atoms with Crippen molar-refractivity contribution in [2.24, 2.45) is 7.05 Å². The number of amides is 1. The summed E-state index contributed by atoms with van der Waals surface area (Å²) >= 11 is 0. The second-order valence-corrected chi connectivity index (χ2v) is 9.02. The van der Waals surface area contributed by atoms with Crippen LogP contribution >= 0.6 is 0 Å². The Morgan fingerprint density at radius 2 is 1.66 bits per heavy atom. The molecule has 0 bridgehead atoms. The topological polar surface area (TPSA) is 111 Å². The average molecular weight is 569 g/mol. The molecule has 2 aromatic carbocycles. The molecule has 9 nitrogen and oxygen atoms in total. The lowest BCUT2D eigenvalue weighted by molar-refractivity contribution is -0.137. The van der Waals surface area contributed by atoms with Crippen molar-refractivity contribution in [2.75, 3.05) is 5.32 Å². The molecule has 5 aromatic rings. The van der Waals surface area contributed by atoms with Crippen LogP contribution in [0.15, 0.2) is 67.1 Å². The fourth-order valence-electron chi connectivity index (χ4n) is 3.98. The summed E-state index contributed by atoms with van der Waals surface area (Å²) in [5, 5.41) is 20.5. The van der Waals surface area contributed by atoms with Crippen molar-refractivity contribution in [2.45, 2.75) is 19.2 Å². The van der Waals surface area contributed by atoms with E-state index in [9.17, 15) is 31.9 Å². The van der Waals surface area contributed by atoms with E-state index in [1.807, 2.05) is 0 Å². The molecule has 0 unspecified atom stereocenters. The fourth-order valence-corrected chi connectivity index (χ4v) is 3.98. The van der Waals surface area contributed by atoms with Gasteiger partial charge in [-0.3, -0.25) is 9.48 Å². The fraction of sp³-hybridized carbons (Fsp3) is 0.148. The van der Waals surface area contributed by atoms with Crippen LogP contribution in [0.2, 0.25) is 0 Å². The Morgan fingerprint density at radius 3 is 2.24 bits per heavy atom. The molecule has 14 heteroatoms. The zero-order chi connectivity index (χ0) is 29.5. The SMILES string of the molecule is C[C@@H](O)c1cnc(-c2cc(NC(=O)c3cc(-c4ccn(C)n4)c(C(F)(F)F)cc3F)n(-c3ccc(F)cc3)n2)nc1. The largest absolute Gasteiger partial charge is 0.417 e. The number of aryl methyl sites for hydroxylation is 1. The van der Waals surface area contributed by atoms with Gasteiger partial charge in [0, 0.05) is 42.8 Å². The molecule has 1 amide bonds. The highest BCUT2D eigenvalue weighted by Gasteiger charge is 2.36. The van der Waals surface area contributed by atoms with Crippen LogP contribution in [0, 0.1) is 11.6 Å². The number of aliphatic hydroxyl groups is 1. The summed E-state index contributed by atoms with van der Waals surface area (Å²) in [5.74, 6) is -2.92. The third-order valence-corrected chi connectivity index (χ3v) is 6.05. The van der Waals surface area contributed by atoms with Crippen LogP contribution in [-0.2, 0) is 13.2 Å². The molecule has 0 aliphatic rings. The van der Waals surface area contributed by atoms with Crippen LogP contribution in [0.3, 0.4) is 0 Å². The molecule has 3 aromatic heterocycles. The number of aromatic nitrogens is 6. The number of rotatable bonds is 6. The lowest BCUT2D eigenvalue weighted by Gasteiger charge is -2.15. The quantitative estimate of drug-likeness (QED) is 0.268. The predicted octanol–water partition coefficient (Wildman–Crippen LogP) is 5.33. The van der Waals surface area contributed by atoms with Gasteiger partial charge in [0.05, 0.1) is 28.6 Å². The second kappa shape index (κ2) is 10.5. The van der Waals surface area contributed by atoms with Crippen molar-refractivity contribution in [1.29, 1.82) is 0 Å². The third kappa shape index (κ3) is 5.68. The smallest absolute Gasteiger partial charge is 0.389 e. The Hall–Kier alpha value is -4.98. The number of halogens is 5. The van der Waals surface area contributed by atoms with Crippen LogP contribution in [0.5, 0.6) is 0 Å². The minimum absolute atomic E-state index is 0.0292. The van der Waals surface area contributed by atoms with E-state index in [0.29, 0.717) is 11.3 Å². The minimum atomic E-state index is -4.91. The first-order valence-corrected chi connectivity index (χ1v) is 12.0. The van der Waals surface area contributed by atoms with Crippen LogP contribution in [-0.4, -0.2) is 40.5 Å². The molecule has 5 rings (SSSR count). The highest BCUT2D eigenvalue weighted by molar-refractivity contribution is 6.05. The first-order chi connectivity index (χ1) is 19.4. The Balaban J connectivity index is 1.57. The van der Waals surface area contributed by atoms with E-state index in [4.69, 9.17) is 0 Å². The van der Waals surface area contributed by atoms with Crippen molar-refractivity contribution in [3.63, 3.8) is 0 Å². The Kier molecular flexibility index (Phi) is 7.09. The first kappa shape index (κ1) is 27.6. The van der Waals surface area contributed by atoms with Gasteiger partial charge in [-0.15, -0.1) is 0 Å². The van der Waals surface area contributed by atoms with Crippen molar-refractivity contribution >= 4 is 11.7 Å². The van der Waals surface area contributed by atoms with E-state index in [2.05, 4.69) is 25.5 Å². The summed E-state index contributed by atoms with van der Waals surface area (Å²) in [6.45, 7) is 1.54. The second-order valence-electron chi connectivity index (χ2n) is 9.02. The van der Waals surface area contributed by atoms with E-state index in [1.54, 1.807) is 0 Å². The highest BCUT2D eigenvalue weighted by atomic mass is 19.4. The molecule has 0 aliphatic carbocycles. The van der Waals surface area contributed by atoms with Gasteiger partial charge in [0.2, 0.25) is 0 Å². The van der Waals surface area contributed by atoms with Crippen molar-refractivity contribution < 1.29 is 31.9 Å². The predicted molar refractivity (Wildman–Crippen MR) is 137 cm³/mol. The number of carbonyl (C=O) groups is 1. The van der Waals surface area contributed by atoms with Gasteiger partial charge in [-0.25, -0.2) is 23.4 Å². The van der Waals surface area contributed by atoms with Gasteiger partial charge in [0.15, 0.2) is 5.82 Å². The van der Waals surface area contributed by atoms with E-state index in [-0.39, 0.29) is 29.1 Å². The molecule has 0 spiro atoms. The van der Waals surface area contributed by atoms with Gasteiger partial charge in [0.25, 0.3) is 5.91 Å². The standard InChI is InChI=1S/C27H20F5N7O2/c1-14(40)15-12-33-25(34-13-15)23-11-24(39(37-23)17-5-3-16(28)4-6-17)35-26(41)19-9-18(22-7-8-38(2)36-22)20(10-21(19)29)27(30,31)32/h3-14,40H,1-2H3,(H,35,41)/t14-/m1/s1. The zero-order valence-corrected chi connectivity index (χ0v) is 21.4. The zero-order valence-electron chi connectivity index (χ0n) is 21.4. The highest BCUT2D eigenvalue weighted by Crippen LogP contribution is 2.38. The van der Waals surface area contributed by atoms with Crippen molar-refractivity contribution in [3.05, 3.63) is 95.4 Å². The number of aliphatic hydroxyl groups excluding tert-OH is 1. The van der Waals surface area contributed by atoms with Gasteiger partial charge >= 0.3 is 6.18 Å². The third-order valence-electron chi connectivity index (χ3n) is 6.05. The number of benzene rings is 2. The number of carbonyl (C=O) groups excluding carboxylic acids is 1. The Labute approximate surface area is 228 Å². The van der Waals surface area contributed by atoms with Gasteiger partial charge in [-0.05, 0) is 49.4 Å². The van der Waals surface area contributed by atoms with Crippen molar-refractivity contribution in [3.8, 4) is 28.5 Å². The van der Waals surface area contributed by atoms with Gasteiger partial charge in [-0.2, -0.15) is 23.4 Å². The number of alkyl halides is 3.